The number of ketones is 1. The molecular weight excluding hydrogens is 438 g/mol. The molecule has 0 saturated carbocycles. The first-order valence-electron chi connectivity index (χ1n) is 11.7. The number of ether oxygens (including phenoxy) is 1. The molecule has 35 heavy (non-hydrogen) atoms. The lowest BCUT2D eigenvalue weighted by Crippen LogP contribution is -2.29. The quantitative estimate of drug-likeness (QED) is 0.279. The van der Waals surface area contributed by atoms with Crippen LogP contribution in [0.15, 0.2) is 72.3 Å². The Kier molecular flexibility index (Phi) is 6.28. The van der Waals surface area contributed by atoms with Gasteiger partial charge in [0.15, 0.2) is 0 Å². The van der Waals surface area contributed by atoms with Crippen LogP contribution in [0.3, 0.4) is 0 Å². The van der Waals surface area contributed by atoms with E-state index >= 15 is 0 Å². The number of amides is 1. The molecule has 4 rings (SSSR count). The van der Waals surface area contributed by atoms with Crippen molar-refractivity contribution in [1.29, 1.82) is 0 Å². The zero-order valence-electron chi connectivity index (χ0n) is 21.0. The second-order valence-corrected chi connectivity index (χ2v) is 10.0. The van der Waals surface area contributed by atoms with Gasteiger partial charge in [0.05, 0.1) is 18.7 Å². The molecule has 3 aromatic rings. The van der Waals surface area contributed by atoms with Crippen molar-refractivity contribution in [3.63, 3.8) is 0 Å². The molecule has 0 radical (unpaired) electrons. The van der Waals surface area contributed by atoms with Crippen LogP contribution < -0.4 is 9.64 Å². The van der Waals surface area contributed by atoms with E-state index in [1.165, 1.54) is 4.90 Å². The summed E-state index contributed by atoms with van der Waals surface area (Å²) in [6.07, 6.45) is 0. The zero-order valence-corrected chi connectivity index (χ0v) is 21.0. The van der Waals surface area contributed by atoms with Gasteiger partial charge in [0.1, 0.15) is 11.5 Å². The molecule has 0 aliphatic carbocycles. The van der Waals surface area contributed by atoms with E-state index in [0.717, 1.165) is 16.7 Å². The minimum atomic E-state index is -0.841. The lowest BCUT2D eigenvalue weighted by molar-refractivity contribution is -0.132. The fourth-order valence-electron chi connectivity index (χ4n) is 4.48. The molecule has 3 aromatic carbocycles. The van der Waals surface area contributed by atoms with Crippen molar-refractivity contribution in [1.82, 2.24) is 0 Å². The monoisotopic (exact) mass is 469 g/mol. The first-order chi connectivity index (χ1) is 16.5. The van der Waals surface area contributed by atoms with Crippen LogP contribution in [0.4, 0.5) is 5.69 Å². The highest BCUT2D eigenvalue weighted by molar-refractivity contribution is 6.51. The lowest BCUT2D eigenvalue weighted by Gasteiger charge is -2.27. The van der Waals surface area contributed by atoms with Crippen LogP contribution in [0.2, 0.25) is 0 Å². The molecular formula is C30H31NO4. The van der Waals surface area contributed by atoms with E-state index in [2.05, 4.69) is 20.8 Å². The van der Waals surface area contributed by atoms with Gasteiger partial charge in [0, 0.05) is 16.8 Å². The van der Waals surface area contributed by atoms with Crippen LogP contribution in [0, 0.1) is 13.8 Å². The minimum Gasteiger partial charge on any atom is -0.507 e. The van der Waals surface area contributed by atoms with Crippen molar-refractivity contribution >= 4 is 23.1 Å². The van der Waals surface area contributed by atoms with Crippen LogP contribution >= 0.6 is 0 Å². The van der Waals surface area contributed by atoms with E-state index in [1.54, 1.807) is 13.2 Å². The second-order valence-electron chi connectivity index (χ2n) is 10.0. The number of carbonyl (C=O) groups is 2. The Labute approximate surface area is 206 Å². The van der Waals surface area contributed by atoms with Crippen molar-refractivity contribution in [2.75, 3.05) is 12.0 Å². The fourth-order valence-corrected chi connectivity index (χ4v) is 4.48. The van der Waals surface area contributed by atoms with E-state index in [4.69, 9.17) is 4.74 Å². The van der Waals surface area contributed by atoms with Gasteiger partial charge in [-0.25, -0.2) is 0 Å². The molecule has 1 aliphatic rings. The van der Waals surface area contributed by atoms with Crippen LogP contribution in [0.5, 0.6) is 5.75 Å². The van der Waals surface area contributed by atoms with Crippen molar-refractivity contribution in [2.45, 2.75) is 46.1 Å². The molecule has 1 amide bonds. The Morgan fingerprint density at radius 2 is 1.60 bits per heavy atom. The predicted octanol–water partition coefficient (Wildman–Crippen LogP) is 6.24. The number of carbonyl (C=O) groups excluding carboxylic acids is 2. The normalized spacial score (nSPS) is 17.7. The van der Waals surface area contributed by atoms with Gasteiger partial charge in [-0.2, -0.15) is 0 Å². The molecule has 1 saturated heterocycles. The SMILES string of the molecule is COc1ccccc1C1/C(=C(\O)c2cc(C(C)(C)C)ccc2C)C(=O)C(=O)N1c1ccc(C)cc1. The van der Waals surface area contributed by atoms with Crippen LogP contribution in [-0.2, 0) is 15.0 Å². The van der Waals surface area contributed by atoms with Crippen LogP contribution in [0.1, 0.15) is 54.6 Å². The summed E-state index contributed by atoms with van der Waals surface area (Å²) in [6.45, 7) is 10.1. The molecule has 0 bridgehead atoms. The third-order valence-corrected chi connectivity index (χ3v) is 6.55. The third-order valence-electron chi connectivity index (χ3n) is 6.55. The third kappa shape index (κ3) is 4.34. The van der Waals surface area contributed by atoms with Crippen LogP contribution in [0.25, 0.3) is 5.76 Å². The van der Waals surface area contributed by atoms with Crippen molar-refractivity contribution < 1.29 is 19.4 Å². The Morgan fingerprint density at radius 1 is 0.943 bits per heavy atom. The summed E-state index contributed by atoms with van der Waals surface area (Å²) in [5.74, 6) is -1.06. The Bertz CT molecular complexity index is 1330. The number of aliphatic hydroxyl groups is 1. The van der Waals surface area contributed by atoms with Gasteiger partial charge in [0.25, 0.3) is 11.7 Å². The van der Waals surface area contributed by atoms with E-state index < -0.39 is 17.7 Å². The first-order valence-corrected chi connectivity index (χ1v) is 11.7. The molecule has 5 nitrogen and oxygen atoms in total. The molecule has 1 unspecified atom stereocenters. The van der Waals surface area contributed by atoms with Gasteiger partial charge in [-0.05, 0) is 54.7 Å². The average Bonchev–Trinajstić information content (AvgIpc) is 3.09. The molecule has 1 fully saturated rings. The number of aliphatic hydroxyl groups excluding tert-OH is 1. The molecule has 1 heterocycles. The number of benzene rings is 3. The highest BCUT2D eigenvalue weighted by Gasteiger charge is 2.48. The van der Waals surface area contributed by atoms with Gasteiger partial charge >= 0.3 is 0 Å². The fraction of sp³-hybridized carbons (Fsp3) is 0.267. The molecule has 1 N–H and O–H groups in total. The topological polar surface area (TPSA) is 66.8 Å². The molecule has 0 spiro atoms. The molecule has 180 valence electrons. The van der Waals surface area contributed by atoms with Crippen molar-refractivity contribution in [2.24, 2.45) is 0 Å². The number of Topliss-reactive ketones (excluding diaryl/α,β-unsaturated/α-hetero) is 1. The number of para-hydroxylation sites is 1. The predicted molar refractivity (Wildman–Crippen MR) is 139 cm³/mol. The number of anilines is 1. The van der Waals surface area contributed by atoms with Gasteiger partial charge in [0.2, 0.25) is 0 Å². The van der Waals surface area contributed by atoms with E-state index in [1.807, 2.05) is 74.5 Å². The number of methoxy groups -OCH3 is 1. The highest BCUT2D eigenvalue weighted by atomic mass is 16.5. The number of nitrogens with zero attached hydrogens (tertiary/aromatic N) is 1. The highest BCUT2D eigenvalue weighted by Crippen LogP contribution is 2.45. The van der Waals surface area contributed by atoms with E-state index in [-0.39, 0.29) is 16.7 Å². The summed E-state index contributed by atoms with van der Waals surface area (Å²) >= 11 is 0. The summed E-state index contributed by atoms with van der Waals surface area (Å²) in [5, 5.41) is 11.6. The number of rotatable bonds is 4. The smallest absolute Gasteiger partial charge is 0.300 e. The summed E-state index contributed by atoms with van der Waals surface area (Å²) in [7, 11) is 1.55. The number of hydrogen-bond acceptors (Lipinski definition) is 4. The maximum Gasteiger partial charge on any atom is 0.300 e. The maximum absolute atomic E-state index is 13.5. The zero-order chi connectivity index (χ0) is 25.5. The summed E-state index contributed by atoms with van der Waals surface area (Å²) < 4.78 is 5.60. The molecule has 1 atom stereocenters. The summed E-state index contributed by atoms with van der Waals surface area (Å²) in [4.78, 5) is 28.4. The van der Waals surface area contributed by atoms with Crippen molar-refractivity contribution in [3.8, 4) is 5.75 Å². The van der Waals surface area contributed by atoms with E-state index in [0.29, 0.717) is 22.6 Å². The van der Waals surface area contributed by atoms with E-state index in [9.17, 15) is 14.7 Å². The molecule has 1 aliphatic heterocycles. The largest absolute Gasteiger partial charge is 0.507 e. The standard InChI is InChI=1S/C30H31NO4/c1-18-11-15-21(16-12-18)31-26(22-9-7-8-10-24(22)35-6)25(28(33)29(31)34)27(32)23-17-20(30(3,4)5)14-13-19(23)2/h7-17,26,32H,1-6H3/b27-25+. The second kappa shape index (κ2) is 9.06. The average molecular weight is 470 g/mol. The maximum atomic E-state index is 13.5. The lowest BCUT2D eigenvalue weighted by atomic mass is 9.84. The minimum absolute atomic E-state index is 0.0502. The van der Waals surface area contributed by atoms with Crippen LogP contribution in [-0.4, -0.2) is 23.9 Å². The van der Waals surface area contributed by atoms with Gasteiger partial charge in [-0.15, -0.1) is 0 Å². The van der Waals surface area contributed by atoms with Gasteiger partial charge in [-0.1, -0.05) is 68.8 Å². The Balaban J connectivity index is 2.01. The van der Waals surface area contributed by atoms with Gasteiger partial charge in [-0.3, -0.25) is 14.5 Å². The summed E-state index contributed by atoms with van der Waals surface area (Å²) in [6, 6.07) is 19.7. The number of hydrogen-bond donors (Lipinski definition) is 1. The number of aryl methyl sites for hydroxylation is 2. The Hall–Kier alpha value is -3.86. The Morgan fingerprint density at radius 3 is 2.23 bits per heavy atom. The van der Waals surface area contributed by atoms with Gasteiger partial charge < -0.3 is 9.84 Å². The first kappa shape index (κ1) is 24.3. The molecule has 0 aromatic heterocycles. The molecule has 5 heteroatoms. The summed E-state index contributed by atoms with van der Waals surface area (Å²) in [5.41, 5.74) is 4.51. The van der Waals surface area contributed by atoms with Crippen molar-refractivity contribution in [3.05, 3.63) is 100 Å².